The lowest BCUT2D eigenvalue weighted by Gasteiger charge is -2.42. The fourth-order valence-corrected chi connectivity index (χ4v) is 9.64. The van der Waals surface area contributed by atoms with Gasteiger partial charge in [-0.3, -0.25) is 0 Å². The van der Waals surface area contributed by atoms with E-state index in [9.17, 15) is 0 Å². The molecule has 0 aliphatic heterocycles. The first-order valence-corrected chi connectivity index (χ1v) is 17.1. The van der Waals surface area contributed by atoms with E-state index in [2.05, 4.69) is 156 Å². The van der Waals surface area contributed by atoms with Crippen molar-refractivity contribution >= 4 is 43.5 Å². The van der Waals surface area contributed by atoms with Gasteiger partial charge < -0.3 is 4.57 Å². The Labute approximate surface area is 257 Å². The number of aromatic nitrogens is 2. The molecule has 4 aromatic carbocycles. The third-order valence-corrected chi connectivity index (χ3v) is 11.8. The number of thiocarbonyl (C=S) groups is 1. The Morgan fingerprint density at radius 3 is 1.74 bits per heavy atom. The standard InChI is InChI=1S/C23H22N2SSi.C14H13B/c1-27(22-14-8-13-21(26)17-22)23(25-16-15-24-18-25,19-9-4-2-5-10-19)20-11-6-3-7-12-20;1-2-15(13-9-5-3-6-10-13)14-11-7-4-8-12-14/h2-12,14-18,27H,13H2,1H3;2-12H,1H2. The zero-order valence-electron chi connectivity index (χ0n) is 24.0. The second kappa shape index (κ2) is 14.0. The molecule has 0 saturated carbocycles. The molecule has 6 rings (SSSR count). The zero-order chi connectivity index (χ0) is 29.2. The summed E-state index contributed by atoms with van der Waals surface area (Å²) < 4.78 is 2.29. The summed E-state index contributed by atoms with van der Waals surface area (Å²) in [4.78, 5) is 5.42. The summed E-state index contributed by atoms with van der Waals surface area (Å²) in [6, 6.07) is 42.5. The van der Waals surface area contributed by atoms with Crippen molar-refractivity contribution in [2.24, 2.45) is 0 Å². The van der Waals surface area contributed by atoms with Crippen LogP contribution in [0.15, 0.2) is 176 Å². The van der Waals surface area contributed by atoms with E-state index in [1.54, 1.807) is 0 Å². The average Bonchev–Trinajstić information content (AvgIpc) is 3.60. The van der Waals surface area contributed by atoms with Crippen LogP contribution in [0.1, 0.15) is 17.5 Å². The zero-order valence-corrected chi connectivity index (χ0v) is 25.9. The third-order valence-electron chi connectivity index (χ3n) is 7.98. The number of hydrogen-bond acceptors (Lipinski definition) is 2. The first-order valence-electron chi connectivity index (χ1n) is 14.4. The molecule has 206 valence electrons. The maximum atomic E-state index is 5.53. The molecule has 0 radical (unpaired) electrons. The van der Waals surface area contributed by atoms with E-state index in [4.69, 9.17) is 12.2 Å². The van der Waals surface area contributed by atoms with Crippen LogP contribution in [0.4, 0.5) is 0 Å². The number of hydrogen-bond donors (Lipinski definition) is 0. The topological polar surface area (TPSA) is 17.8 Å². The minimum atomic E-state index is -1.61. The molecule has 2 nitrogen and oxygen atoms in total. The molecular formula is C37H35BN2SSi. The van der Waals surface area contributed by atoms with Gasteiger partial charge in [0.25, 0.3) is 0 Å². The van der Waals surface area contributed by atoms with E-state index in [1.807, 2.05) is 30.6 Å². The number of rotatable bonds is 8. The summed E-state index contributed by atoms with van der Waals surface area (Å²) in [5, 5.41) is 1.11. The number of imidazole rings is 1. The van der Waals surface area contributed by atoms with Crippen molar-refractivity contribution in [3.8, 4) is 0 Å². The van der Waals surface area contributed by atoms with Gasteiger partial charge in [-0.25, -0.2) is 4.98 Å². The molecule has 1 aromatic heterocycles. The van der Waals surface area contributed by atoms with Gasteiger partial charge >= 0.3 is 0 Å². The molecule has 0 saturated heterocycles. The quantitative estimate of drug-likeness (QED) is 0.148. The van der Waals surface area contributed by atoms with Gasteiger partial charge in [-0.15, -0.1) is 12.6 Å². The number of nitrogens with zero attached hydrogens (tertiary/aromatic N) is 2. The van der Waals surface area contributed by atoms with Gasteiger partial charge in [0.15, 0.2) is 0 Å². The van der Waals surface area contributed by atoms with Gasteiger partial charge in [0, 0.05) is 23.7 Å². The second-order valence-electron chi connectivity index (χ2n) is 10.4. The molecule has 0 bridgehead atoms. The lowest BCUT2D eigenvalue weighted by Crippen LogP contribution is -2.49. The van der Waals surface area contributed by atoms with Crippen LogP contribution in [-0.4, -0.2) is 29.9 Å². The maximum absolute atomic E-state index is 5.53. The SMILES string of the molecule is C=CB(c1ccccc1)c1ccccc1.C[SiH](C1=CC(=S)CC=C1)C(c1ccccc1)(c1ccccc1)n1ccnc1. The Bertz CT molecular complexity index is 1550. The summed E-state index contributed by atoms with van der Waals surface area (Å²) in [5.41, 5.74) is 5.16. The molecule has 1 atom stereocenters. The highest BCUT2D eigenvalue weighted by Gasteiger charge is 2.43. The first-order chi connectivity index (χ1) is 20.6. The van der Waals surface area contributed by atoms with Crippen LogP contribution >= 0.6 is 12.2 Å². The Balaban J connectivity index is 0.000000199. The van der Waals surface area contributed by atoms with Crippen LogP contribution in [-0.2, 0) is 5.16 Å². The van der Waals surface area contributed by atoms with Crippen LogP contribution in [0.3, 0.4) is 0 Å². The van der Waals surface area contributed by atoms with E-state index in [-0.39, 0.29) is 5.16 Å². The molecule has 1 heterocycles. The van der Waals surface area contributed by atoms with Crippen molar-refractivity contribution < 1.29 is 0 Å². The largest absolute Gasteiger partial charge is 0.326 e. The van der Waals surface area contributed by atoms with E-state index < -0.39 is 8.80 Å². The molecule has 0 spiro atoms. The predicted octanol–water partition coefficient (Wildman–Crippen LogP) is 6.89. The minimum absolute atomic E-state index is 0.276. The van der Waals surface area contributed by atoms with Crippen LogP contribution in [0, 0.1) is 0 Å². The molecule has 1 aliphatic rings. The van der Waals surface area contributed by atoms with Crippen molar-refractivity contribution in [1.82, 2.24) is 9.55 Å². The van der Waals surface area contributed by atoms with Crippen LogP contribution in [0.5, 0.6) is 0 Å². The Hall–Kier alpha value is -4.32. The minimum Gasteiger partial charge on any atom is -0.326 e. The smallest absolute Gasteiger partial charge is 0.233 e. The molecule has 0 amide bonds. The first kappa shape index (κ1) is 29.2. The highest BCUT2D eigenvalue weighted by Crippen LogP contribution is 2.39. The summed E-state index contributed by atoms with van der Waals surface area (Å²) in [6.07, 6.45) is 13.5. The summed E-state index contributed by atoms with van der Waals surface area (Å²) in [6.45, 7) is 6.63. The highest BCUT2D eigenvalue weighted by atomic mass is 32.1. The van der Waals surface area contributed by atoms with Crippen molar-refractivity contribution in [1.29, 1.82) is 0 Å². The molecular weight excluding hydrogens is 543 g/mol. The molecule has 5 heteroatoms. The van der Waals surface area contributed by atoms with E-state index in [0.717, 1.165) is 11.3 Å². The van der Waals surface area contributed by atoms with Gasteiger partial charge in [-0.1, -0.05) is 168 Å². The fraction of sp³-hybridized carbons (Fsp3) is 0.0811. The Morgan fingerprint density at radius 1 is 0.810 bits per heavy atom. The molecule has 0 N–H and O–H groups in total. The molecule has 1 unspecified atom stereocenters. The molecule has 5 aromatic rings. The second-order valence-corrected chi connectivity index (χ2v) is 13.9. The van der Waals surface area contributed by atoms with Crippen molar-refractivity contribution in [3.05, 3.63) is 187 Å². The summed E-state index contributed by atoms with van der Waals surface area (Å²) in [7, 11) is -1.61. The average molecular weight is 579 g/mol. The Kier molecular flexibility index (Phi) is 9.75. The third kappa shape index (κ3) is 6.28. The van der Waals surface area contributed by atoms with E-state index >= 15 is 0 Å². The van der Waals surface area contributed by atoms with Crippen molar-refractivity contribution in [3.63, 3.8) is 0 Å². The van der Waals surface area contributed by atoms with E-state index in [1.165, 1.54) is 27.2 Å². The van der Waals surface area contributed by atoms with Gasteiger partial charge in [0.2, 0.25) is 6.71 Å². The van der Waals surface area contributed by atoms with Crippen molar-refractivity contribution in [2.45, 2.75) is 18.1 Å². The lowest BCUT2D eigenvalue weighted by atomic mass is 9.41. The highest BCUT2D eigenvalue weighted by molar-refractivity contribution is 7.80. The normalized spacial score (nSPS) is 13.4. The molecule has 1 aliphatic carbocycles. The van der Waals surface area contributed by atoms with Gasteiger partial charge in [-0.2, -0.15) is 0 Å². The maximum Gasteiger partial charge on any atom is 0.233 e. The van der Waals surface area contributed by atoms with Gasteiger partial charge in [-0.05, 0) is 17.2 Å². The number of benzene rings is 4. The van der Waals surface area contributed by atoms with E-state index in [0.29, 0.717) is 6.71 Å². The van der Waals surface area contributed by atoms with Gasteiger partial charge in [0.05, 0.1) is 11.5 Å². The van der Waals surface area contributed by atoms with Crippen LogP contribution < -0.4 is 10.9 Å². The number of allylic oxidation sites excluding steroid dienone is 4. The molecule has 42 heavy (non-hydrogen) atoms. The van der Waals surface area contributed by atoms with Crippen molar-refractivity contribution in [2.75, 3.05) is 0 Å². The summed E-state index contributed by atoms with van der Waals surface area (Å²) in [5.74, 6) is 1.99. The fourth-order valence-electron chi connectivity index (χ4n) is 5.94. The van der Waals surface area contributed by atoms with Crippen LogP contribution in [0.2, 0.25) is 6.55 Å². The molecule has 0 fully saturated rings. The van der Waals surface area contributed by atoms with Gasteiger partial charge in [0.1, 0.15) is 8.80 Å². The summed E-state index contributed by atoms with van der Waals surface area (Å²) >= 11 is 5.53. The van der Waals surface area contributed by atoms with Crippen LogP contribution in [0.25, 0.3) is 0 Å². The monoisotopic (exact) mass is 578 g/mol. The predicted molar refractivity (Wildman–Crippen MR) is 187 cm³/mol. The lowest BCUT2D eigenvalue weighted by molar-refractivity contribution is 0.586. The Morgan fingerprint density at radius 2 is 1.31 bits per heavy atom.